The van der Waals surface area contributed by atoms with Gasteiger partial charge in [-0.3, -0.25) is 5.41 Å². The van der Waals surface area contributed by atoms with Crippen molar-refractivity contribution in [3.05, 3.63) is 35.4 Å². The number of amidine groups is 1. The molecule has 0 radical (unpaired) electrons. The number of alkyl halides is 1. The predicted molar refractivity (Wildman–Crippen MR) is 50.1 cm³/mol. The third-order valence-electron chi connectivity index (χ3n) is 1.42. The zero-order valence-electron chi connectivity index (χ0n) is 5.97. The van der Waals surface area contributed by atoms with E-state index in [1.165, 1.54) is 5.56 Å². The molecule has 3 heteroatoms. The Morgan fingerprint density at radius 3 is 2.27 bits per heavy atom. The lowest BCUT2D eigenvalue weighted by molar-refractivity contribution is 1.39. The van der Waals surface area contributed by atoms with Crippen LogP contribution in [0.15, 0.2) is 24.3 Å². The van der Waals surface area contributed by atoms with Crippen molar-refractivity contribution in [2.75, 3.05) is 0 Å². The van der Waals surface area contributed by atoms with Crippen LogP contribution in [0, 0.1) is 5.41 Å². The second-order valence-corrected chi connectivity index (χ2v) is 2.80. The average Bonchev–Trinajstić information content (AvgIpc) is 2.05. The van der Waals surface area contributed by atoms with Crippen molar-refractivity contribution < 1.29 is 0 Å². The van der Waals surface area contributed by atoms with Crippen LogP contribution in [0.4, 0.5) is 0 Å². The van der Waals surface area contributed by atoms with Gasteiger partial charge in [-0.1, -0.05) is 40.2 Å². The number of halogens is 1. The Labute approximate surface area is 74.1 Å². The molecule has 3 N–H and O–H groups in total. The predicted octanol–water partition coefficient (Wildman–Crippen LogP) is 1.87. The maximum absolute atomic E-state index is 7.13. The van der Waals surface area contributed by atoms with Gasteiger partial charge in [-0.15, -0.1) is 0 Å². The molecular weight excluding hydrogens is 204 g/mol. The topological polar surface area (TPSA) is 49.9 Å². The summed E-state index contributed by atoms with van der Waals surface area (Å²) in [5.74, 6) is 0.117. The fraction of sp³-hybridized carbons (Fsp3) is 0.125. The molecule has 0 unspecified atom stereocenters. The summed E-state index contributed by atoms with van der Waals surface area (Å²) in [5, 5.41) is 7.97. The van der Waals surface area contributed by atoms with Gasteiger partial charge >= 0.3 is 0 Å². The van der Waals surface area contributed by atoms with E-state index in [0.717, 1.165) is 10.9 Å². The molecule has 0 aromatic heterocycles. The summed E-state index contributed by atoms with van der Waals surface area (Å²) in [4.78, 5) is 0. The summed E-state index contributed by atoms with van der Waals surface area (Å²) in [6.07, 6.45) is 0. The van der Waals surface area contributed by atoms with Crippen molar-refractivity contribution in [3.8, 4) is 0 Å². The van der Waals surface area contributed by atoms with Gasteiger partial charge in [-0.25, -0.2) is 0 Å². The molecule has 0 saturated carbocycles. The molecule has 1 rings (SSSR count). The Morgan fingerprint density at radius 1 is 1.36 bits per heavy atom. The third-order valence-corrected chi connectivity index (χ3v) is 2.07. The maximum atomic E-state index is 7.13. The number of nitrogens with two attached hydrogens (primary N) is 1. The maximum Gasteiger partial charge on any atom is 0.122 e. The molecule has 0 bridgehead atoms. The van der Waals surface area contributed by atoms with E-state index in [0.29, 0.717) is 0 Å². The first-order chi connectivity index (χ1) is 5.24. The monoisotopic (exact) mass is 212 g/mol. The van der Waals surface area contributed by atoms with Crippen LogP contribution in [0.1, 0.15) is 11.1 Å². The van der Waals surface area contributed by atoms with Gasteiger partial charge in [0.15, 0.2) is 0 Å². The second kappa shape index (κ2) is 3.53. The van der Waals surface area contributed by atoms with Gasteiger partial charge in [0.2, 0.25) is 0 Å². The van der Waals surface area contributed by atoms with Gasteiger partial charge in [0.05, 0.1) is 0 Å². The fourth-order valence-electron chi connectivity index (χ4n) is 0.773. The first kappa shape index (κ1) is 8.27. The van der Waals surface area contributed by atoms with Crippen LogP contribution >= 0.6 is 15.9 Å². The lowest BCUT2D eigenvalue weighted by atomic mass is 10.1. The smallest absolute Gasteiger partial charge is 0.122 e. The van der Waals surface area contributed by atoms with E-state index in [2.05, 4.69) is 15.9 Å². The van der Waals surface area contributed by atoms with E-state index in [1.807, 2.05) is 24.3 Å². The van der Waals surface area contributed by atoms with E-state index in [9.17, 15) is 0 Å². The van der Waals surface area contributed by atoms with Crippen LogP contribution in [0.25, 0.3) is 0 Å². The molecule has 0 heterocycles. The highest BCUT2D eigenvalue weighted by Gasteiger charge is 1.94. The third kappa shape index (κ3) is 2.05. The summed E-state index contributed by atoms with van der Waals surface area (Å²) in [6.45, 7) is 0. The Hall–Kier alpha value is -0.830. The number of nitrogens with one attached hydrogen (secondary N) is 1. The number of hydrogen-bond acceptors (Lipinski definition) is 1. The number of benzene rings is 1. The minimum atomic E-state index is 0.117. The van der Waals surface area contributed by atoms with Gasteiger partial charge in [-0.2, -0.15) is 0 Å². The Bertz CT molecular complexity index is 253. The highest BCUT2D eigenvalue weighted by Crippen LogP contribution is 2.06. The average molecular weight is 213 g/mol. The molecule has 0 aliphatic carbocycles. The normalized spacial score (nSPS) is 9.55. The molecule has 0 atom stereocenters. The molecule has 1 aromatic rings. The quantitative estimate of drug-likeness (QED) is 0.439. The Morgan fingerprint density at radius 2 is 1.91 bits per heavy atom. The fourth-order valence-corrected chi connectivity index (χ4v) is 1.15. The van der Waals surface area contributed by atoms with Crippen LogP contribution in [0.2, 0.25) is 0 Å². The molecule has 0 aliphatic heterocycles. The molecule has 2 nitrogen and oxygen atoms in total. The van der Waals surface area contributed by atoms with Crippen molar-refractivity contribution in [1.82, 2.24) is 0 Å². The first-order valence-electron chi connectivity index (χ1n) is 3.23. The van der Waals surface area contributed by atoms with Gasteiger partial charge in [-0.05, 0) is 5.56 Å². The molecule has 0 fully saturated rings. The Kier molecular flexibility index (Phi) is 2.65. The van der Waals surface area contributed by atoms with Gasteiger partial charge < -0.3 is 5.73 Å². The summed E-state index contributed by atoms with van der Waals surface area (Å²) < 4.78 is 0. The summed E-state index contributed by atoms with van der Waals surface area (Å²) in [7, 11) is 0. The minimum Gasteiger partial charge on any atom is -0.384 e. The van der Waals surface area contributed by atoms with Crippen molar-refractivity contribution in [2.24, 2.45) is 5.73 Å². The standard InChI is InChI=1S/C8H9BrN2/c9-5-6-1-3-7(4-2-6)8(10)11/h1-4H,5H2,(H3,10,11). The van der Waals surface area contributed by atoms with Crippen LogP contribution < -0.4 is 5.73 Å². The van der Waals surface area contributed by atoms with Crippen molar-refractivity contribution in [2.45, 2.75) is 5.33 Å². The number of rotatable bonds is 2. The molecule has 11 heavy (non-hydrogen) atoms. The molecule has 1 aromatic carbocycles. The summed E-state index contributed by atoms with van der Waals surface area (Å²) in [6, 6.07) is 7.59. The van der Waals surface area contributed by atoms with Crippen LogP contribution in [0.5, 0.6) is 0 Å². The van der Waals surface area contributed by atoms with Crippen molar-refractivity contribution >= 4 is 21.8 Å². The van der Waals surface area contributed by atoms with Crippen molar-refractivity contribution in [1.29, 1.82) is 5.41 Å². The molecule has 0 aliphatic rings. The first-order valence-corrected chi connectivity index (χ1v) is 4.35. The zero-order chi connectivity index (χ0) is 8.27. The highest BCUT2D eigenvalue weighted by molar-refractivity contribution is 9.08. The van der Waals surface area contributed by atoms with Gasteiger partial charge in [0.25, 0.3) is 0 Å². The Balaban J connectivity index is 2.91. The van der Waals surface area contributed by atoms with Gasteiger partial charge in [0.1, 0.15) is 5.84 Å². The van der Waals surface area contributed by atoms with E-state index < -0.39 is 0 Å². The SMILES string of the molecule is N=C(N)c1ccc(CBr)cc1. The molecule has 58 valence electrons. The van der Waals surface area contributed by atoms with Crippen molar-refractivity contribution in [3.63, 3.8) is 0 Å². The van der Waals surface area contributed by atoms with Crippen LogP contribution in [-0.2, 0) is 5.33 Å². The van der Waals surface area contributed by atoms with E-state index in [-0.39, 0.29) is 5.84 Å². The highest BCUT2D eigenvalue weighted by atomic mass is 79.9. The summed E-state index contributed by atoms with van der Waals surface area (Å²) >= 11 is 3.33. The lowest BCUT2D eigenvalue weighted by Crippen LogP contribution is -2.10. The van der Waals surface area contributed by atoms with Crippen LogP contribution in [0.3, 0.4) is 0 Å². The molecule has 0 saturated heterocycles. The largest absolute Gasteiger partial charge is 0.384 e. The summed E-state index contributed by atoms with van der Waals surface area (Å²) in [5.41, 5.74) is 7.24. The van der Waals surface area contributed by atoms with E-state index in [4.69, 9.17) is 11.1 Å². The second-order valence-electron chi connectivity index (χ2n) is 2.24. The van der Waals surface area contributed by atoms with E-state index >= 15 is 0 Å². The van der Waals surface area contributed by atoms with Gasteiger partial charge in [0, 0.05) is 10.9 Å². The van der Waals surface area contributed by atoms with Crippen LogP contribution in [-0.4, -0.2) is 5.84 Å². The lowest BCUT2D eigenvalue weighted by Gasteiger charge is -1.98. The van der Waals surface area contributed by atoms with E-state index in [1.54, 1.807) is 0 Å². The molecule has 0 amide bonds. The zero-order valence-corrected chi connectivity index (χ0v) is 7.56. The molecule has 0 spiro atoms. The minimum absolute atomic E-state index is 0.117. The molecular formula is C8H9BrN2. The number of hydrogen-bond donors (Lipinski definition) is 2. The number of nitrogen functional groups attached to an aromatic ring is 1.